The Hall–Kier alpha value is -1.19. The van der Waals surface area contributed by atoms with Crippen LogP contribution in [-0.4, -0.2) is 75.0 Å². The number of amides is 1. The number of ether oxygens (including phenoxy) is 1. The van der Waals surface area contributed by atoms with Gasteiger partial charge in [-0.2, -0.15) is 4.31 Å². The molecule has 25 heavy (non-hydrogen) atoms. The molecule has 2 aliphatic heterocycles. The summed E-state index contributed by atoms with van der Waals surface area (Å²) in [5, 5.41) is 3.56. The average Bonchev–Trinajstić information content (AvgIpc) is 2.62. The molecule has 9 heteroatoms. The molecule has 138 valence electrons. The first-order chi connectivity index (χ1) is 11.9. The molecule has 2 saturated heterocycles. The zero-order valence-electron chi connectivity index (χ0n) is 14.0. The monoisotopic (exact) mass is 387 g/mol. The summed E-state index contributed by atoms with van der Waals surface area (Å²) < 4.78 is 32.3. The summed E-state index contributed by atoms with van der Waals surface area (Å²) in [7, 11) is -3.60. The Morgan fingerprint density at radius 2 is 2.00 bits per heavy atom. The molecule has 7 nitrogen and oxygen atoms in total. The van der Waals surface area contributed by atoms with E-state index < -0.39 is 10.0 Å². The lowest BCUT2D eigenvalue weighted by atomic mass is 10.1. The molecule has 0 aliphatic carbocycles. The average molecular weight is 388 g/mol. The fourth-order valence-corrected chi connectivity index (χ4v) is 4.86. The summed E-state index contributed by atoms with van der Waals surface area (Å²) >= 11 is 5.90. The standard InChI is InChI=1S/C16H22ClN3O4S/c1-12-15(18-5-10-24-12)16(21)19-6-8-20(9-7-19)25(22,23)14-4-2-3-13(17)11-14/h2-4,11-12,15,18H,5-10H2,1H3/t12-,15+/m1/s1. The van der Waals surface area contributed by atoms with Crippen LogP contribution < -0.4 is 5.32 Å². The van der Waals surface area contributed by atoms with Crippen molar-refractivity contribution < 1.29 is 17.9 Å². The quantitative estimate of drug-likeness (QED) is 0.819. The molecule has 2 atom stereocenters. The maximum atomic E-state index is 12.7. The van der Waals surface area contributed by atoms with Crippen molar-refractivity contribution in [1.29, 1.82) is 0 Å². The van der Waals surface area contributed by atoms with E-state index in [9.17, 15) is 13.2 Å². The summed E-state index contributed by atoms with van der Waals surface area (Å²) in [4.78, 5) is 14.5. The largest absolute Gasteiger partial charge is 0.375 e. The van der Waals surface area contributed by atoms with Crippen LogP contribution >= 0.6 is 11.6 Å². The van der Waals surface area contributed by atoms with E-state index in [1.165, 1.54) is 16.4 Å². The Balaban J connectivity index is 1.64. The number of carbonyl (C=O) groups excluding carboxylic acids is 1. The summed E-state index contributed by atoms with van der Waals surface area (Å²) in [5.74, 6) is -0.0352. The Bertz CT molecular complexity index is 735. The van der Waals surface area contributed by atoms with Gasteiger partial charge in [0.05, 0.1) is 17.6 Å². The normalized spacial score (nSPS) is 25.8. The van der Waals surface area contributed by atoms with E-state index in [0.29, 0.717) is 31.3 Å². The molecule has 3 rings (SSSR count). The highest BCUT2D eigenvalue weighted by molar-refractivity contribution is 7.89. The van der Waals surface area contributed by atoms with Crippen molar-refractivity contribution in [3.63, 3.8) is 0 Å². The molecule has 0 saturated carbocycles. The molecule has 1 aromatic carbocycles. The number of morpholine rings is 1. The lowest BCUT2D eigenvalue weighted by Crippen LogP contribution is -2.60. The lowest BCUT2D eigenvalue weighted by Gasteiger charge is -2.38. The van der Waals surface area contributed by atoms with E-state index in [1.54, 1.807) is 17.0 Å². The molecular formula is C16H22ClN3O4S. The smallest absolute Gasteiger partial charge is 0.243 e. The number of nitrogens with one attached hydrogen (secondary N) is 1. The second-order valence-electron chi connectivity index (χ2n) is 6.19. The van der Waals surface area contributed by atoms with Crippen LogP contribution in [0.15, 0.2) is 29.2 Å². The molecular weight excluding hydrogens is 366 g/mol. The van der Waals surface area contributed by atoms with Crippen LogP contribution in [0.3, 0.4) is 0 Å². The van der Waals surface area contributed by atoms with Crippen LogP contribution in [0.25, 0.3) is 0 Å². The van der Waals surface area contributed by atoms with Gasteiger partial charge in [-0.3, -0.25) is 4.79 Å². The number of hydrogen-bond donors (Lipinski definition) is 1. The predicted molar refractivity (Wildman–Crippen MR) is 94.0 cm³/mol. The molecule has 2 fully saturated rings. The highest BCUT2D eigenvalue weighted by Gasteiger charge is 2.35. The van der Waals surface area contributed by atoms with Crippen molar-refractivity contribution in [1.82, 2.24) is 14.5 Å². The first-order valence-corrected chi connectivity index (χ1v) is 10.1. The van der Waals surface area contributed by atoms with E-state index in [1.807, 2.05) is 6.92 Å². The van der Waals surface area contributed by atoms with E-state index in [-0.39, 0.29) is 36.0 Å². The fourth-order valence-electron chi connectivity index (χ4n) is 3.13. The number of sulfonamides is 1. The van der Waals surface area contributed by atoms with Gasteiger partial charge in [0.1, 0.15) is 6.04 Å². The minimum atomic E-state index is -3.60. The molecule has 0 radical (unpaired) electrons. The van der Waals surface area contributed by atoms with Crippen molar-refractivity contribution in [2.24, 2.45) is 0 Å². The number of halogens is 1. The summed E-state index contributed by atoms with van der Waals surface area (Å²) in [6.45, 7) is 4.37. The number of hydrogen-bond acceptors (Lipinski definition) is 5. The maximum absolute atomic E-state index is 12.7. The summed E-state index contributed by atoms with van der Waals surface area (Å²) in [6.07, 6.45) is -0.186. The van der Waals surface area contributed by atoms with Gasteiger partial charge in [0.2, 0.25) is 15.9 Å². The summed E-state index contributed by atoms with van der Waals surface area (Å²) in [5.41, 5.74) is 0. The van der Waals surface area contributed by atoms with E-state index in [4.69, 9.17) is 16.3 Å². The topological polar surface area (TPSA) is 79.0 Å². The van der Waals surface area contributed by atoms with Crippen molar-refractivity contribution in [3.8, 4) is 0 Å². The summed E-state index contributed by atoms with van der Waals surface area (Å²) in [6, 6.07) is 5.86. The minimum Gasteiger partial charge on any atom is -0.375 e. The first kappa shape index (κ1) is 18.6. The van der Waals surface area contributed by atoms with Crippen molar-refractivity contribution in [2.75, 3.05) is 39.3 Å². The predicted octanol–water partition coefficient (Wildman–Crippen LogP) is 0.550. The van der Waals surface area contributed by atoms with Crippen molar-refractivity contribution in [3.05, 3.63) is 29.3 Å². The molecule has 1 aromatic rings. The van der Waals surface area contributed by atoms with Gasteiger partial charge in [0, 0.05) is 37.7 Å². The van der Waals surface area contributed by atoms with Crippen molar-refractivity contribution >= 4 is 27.5 Å². The molecule has 1 amide bonds. The number of benzene rings is 1. The zero-order valence-corrected chi connectivity index (χ0v) is 15.6. The van der Waals surface area contributed by atoms with Gasteiger partial charge in [0.15, 0.2) is 0 Å². The van der Waals surface area contributed by atoms with Crippen LogP contribution in [-0.2, 0) is 19.6 Å². The van der Waals surface area contributed by atoms with Crippen molar-refractivity contribution in [2.45, 2.75) is 24.0 Å². The van der Waals surface area contributed by atoms with E-state index >= 15 is 0 Å². The Kier molecular flexibility index (Phi) is 5.65. The third-order valence-corrected chi connectivity index (χ3v) is 6.70. The first-order valence-electron chi connectivity index (χ1n) is 8.29. The second-order valence-corrected chi connectivity index (χ2v) is 8.57. The van der Waals surface area contributed by atoms with Crippen LogP contribution in [0.1, 0.15) is 6.92 Å². The fraction of sp³-hybridized carbons (Fsp3) is 0.562. The molecule has 0 bridgehead atoms. The third-order valence-electron chi connectivity index (χ3n) is 4.57. The van der Waals surface area contributed by atoms with Crippen LogP contribution in [0.4, 0.5) is 0 Å². The van der Waals surface area contributed by atoms with Gasteiger partial charge in [-0.1, -0.05) is 17.7 Å². The lowest BCUT2D eigenvalue weighted by molar-refractivity contribution is -0.140. The molecule has 2 aliphatic rings. The van der Waals surface area contributed by atoms with Crippen LogP contribution in [0, 0.1) is 0 Å². The van der Waals surface area contributed by atoms with E-state index in [2.05, 4.69) is 5.32 Å². The molecule has 1 N–H and O–H groups in total. The number of carbonyl (C=O) groups is 1. The number of nitrogens with zero attached hydrogens (tertiary/aromatic N) is 2. The Labute approximate surface area is 152 Å². The van der Waals surface area contributed by atoms with Gasteiger partial charge in [-0.15, -0.1) is 0 Å². The zero-order chi connectivity index (χ0) is 18.0. The van der Waals surface area contributed by atoms with Gasteiger partial charge in [-0.05, 0) is 25.1 Å². The molecule has 0 spiro atoms. The highest BCUT2D eigenvalue weighted by atomic mass is 35.5. The van der Waals surface area contributed by atoms with E-state index in [0.717, 1.165) is 0 Å². The van der Waals surface area contributed by atoms with Gasteiger partial charge < -0.3 is 15.0 Å². The highest BCUT2D eigenvalue weighted by Crippen LogP contribution is 2.21. The van der Waals surface area contributed by atoms with Gasteiger partial charge in [-0.25, -0.2) is 8.42 Å². The number of rotatable bonds is 3. The minimum absolute atomic E-state index is 0.0352. The SMILES string of the molecule is C[C@H]1OCCN[C@@H]1C(=O)N1CCN(S(=O)(=O)c2cccc(Cl)c2)CC1. The van der Waals surface area contributed by atoms with Gasteiger partial charge in [0.25, 0.3) is 0 Å². The Morgan fingerprint density at radius 3 is 2.64 bits per heavy atom. The molecule has 0 aromatic heterocycles. The second kappa shape index (κ2) is 7.59. The Morgan fingerprint density at radius 1 is 1.28 bits per heavy atom. The maximum Gasteiger partial charge on any atom is 0.243 e. The van der Waals surface area contributed by atoms with Gasteiger partial charge >= 0.3 is 0 Å². The molecule has 0 unspecified atom stereocenters. The van der Waals surface area contributed by atoms with Crippen LogP contribution in [0.2, 0.25) is 5.02 Å². The van der Waals surface area contributed by atoms with Crippen LogP contribution in [0.5, 0.6) is 0 Å². The molecule has 2 heterocycles. The third kappa shape index (κ3) is 3.98. The number of piperazine rings is 1.